The second-order valence-corrected chi connectivity index (χ2v) is 5.21. The Balaban J connectivity index is 2.04. The summed E-state index contributed by atoms with van der Waals surface area (Å²) in [6, 6.07) is 7.74. The van der Waals surface area contributed by atoms with Gasteiger partial charge in [-0.15, -0.1) is 0 Å². The van der Waals surface area contributed by atoms with Crippen molar-refractivity contribution in [1.82, 2.24) is 10.6 Å². The first-order valence-corrected chi connectivity index (χ1v) is 6.77. The lowest BCUT2D eigenvalue weighted by Gasteiger charge is -2.20. The zero-order chi connectivity index (χ0) is 13.8. The molecule has 1 amide bonds. The SMILES string of the molecule is COc1ccccc1[C@@H](C)NC(=O)[C@@H]1CNC[C@H]1C. The first-order valence-electron chi connectivity index (χ1n) is 6.77. The topological polar surface area (TPSA) is 50.4 Å². The molecule has 2 rings (SSSR count). The molecule has 0 aliphatic carbocycles. The number of ether oxygens (including phenoxy) is 1. The lowest BCUT2D eigenvalue weighted by molar-refractivity contribution is -0.126. The van der Waals surface area contributed by atoms with Crippen molar-refractivity contribution in [2.24, 2.45) is 11.8 Å². The lowest BCUT2D eigenvalue weighted by atomic mass is 9.96. The molecule has 0 spiro atoms. The standard InChI is InChI=1S/C15H22N2O2/c1-10-8-16-9-13(10)15(18)17-11(2)12-6-4-5-7-14(12)19-3/h4-7,10-11,13,16H,8-9H2,1-3H3,(H,17,18)/t10-,11-,13-/m1/s1. The number of para-hydroxylation sites is 1. The number of carbonyl (C=O) groups excluding carboxylic acids is 1. The summed E-state index contributed by atoms with van der Waals surface area (Å²) in [6.45, 7) is 5.79. The molecule has 1 aliphatic heterocycles. The van der Waals surface area contributed by atoms with Crippen molar-refractivity contribution in [2.45, 2.75) is 19.9 Å². The maximum absolute atomic E-state index is 12.2. The summed E-state index contributed by atoms with van der Waals surface area (Å²) in [5.74, 6) is 1.39. The van der Waals surface area contributed by atoms with Gasteiger partial charge in [-0.1, -0.05) is 25.1 Å². The highest BCUT2D eigenvalue weighted by molar-refractivity contribution is 5.80. The second-order valence-electron chi connectivity index (χ2n) is 5.21. The Labute approximate surface area is 114 Å². The third kappa shape index (κ3) is 3.07. The van der Waals surface area contributed by atoms with E-state index in [1.165, 1.54) is 0 Å². The van der Waals surface area contributed by atoms with Gasteiger partial charge in [0.1, 0.15) is 5.75 Å². The van der Waals surface area contributed by atoms with E-state index in [2.05, 4.69) is 17.6 Å². The third-order valence-corrected chi connectivity index (χ3v) is 3.82. The molecular formula is C15H22N2O2. The van der Waals surface area contributed by atoms with Crippen LogP contribution in [0.15, 0.2) is 24.3 Å². The molecule has 0 unspecified atom stereocenters. The number of hydrogen-bond donors (Lipinski definition) is 2. The Hall–Kier alpha value is -1.55. The van der Waals surface area contributed by atoms with E-state index in [0.29, 0.717) is 5.92 Å². The molecule has 1 heterocycles. The maximum atomic E-state index is 12.2. The number of nitrogens with one attached hydrogen (secondary N) is 2. The van der Waals surface area contributed by atoms with E-state index in [1.54, 1.807) is 7.11 Å². The molecule has 1 aliphatic rings. The number of benzene rings is 1. The molecule has 4 heteroatoms. The van der Waals surface area contributed by atoms with E-state index >= 15 is 0 Å². The highest BCUT2D eigenvalue weighted by Gasteiger charge is 2.30. The van der Waals surface area contributed by atoms with Crippen molar-refractivity contribution in [2.75, 3.05) is 20.2 Å². The largest absolute Gasteiger partial charge is 0.496 e. The fourth-order valence-electron chi connectivity index (χ4n) is 2.58. The van der Waals surface area contributed by atoms with Crippen molar-refractivity contribution in [3.05, 3.63) is 29.8 Å². The summed E-state index contributed by atoms with van der Waals surface area (Å²) < 4.78 is 5.33. The van der Waals surface area contributed by atoms with Crippen LogP contribution in [0.3, 0.4) is 0 Å². The van der Waals surface area contributed by atoms with Gasteiger partial charge in [0.2, 0.25) is 5.91 Å². The Bertz CT molecular complexity index is 448. The summed E-state index contributed by atoms with van der Waals surface area (Å²) in [7, 11) is 1.65. The van der Waals surface area contributed by atoms with E-state index in [9.17, 15) is 4.79 Å². The van der Waals surface area contributed by atoms with Gasteiger partial charge in [-0.2, -0.15) is 0 Å². The molecule has 0 saturated carbocycles. The summed E-state index contributed by atoms with van der Waals surface area (Å²) in [5, 5.41) is 6.34. The van der Waals surface area contributed by atoms with Crippen molar-refractivity contribution in [1.29, 1.82) is 0 Å². The molecule has 0 aromatic heterocycles. The van der Waals surface area contributed by atoms with Crippen LogP contribution < -0.4 is 15.4 Å². The molecule has 1 saturated heterocycles. The average Bonchev–Trinajstić information content (AvgIpc) is 2.85. The van der Waals surface area contributed by atoms with Crippen LogP contribution in [0.2, 0.25) is 0 Å². The monoisotopic (exact) mass is 262 g/mol. The van der Waals surface area contributed by atoms with Gasteiger partial charge in [-0.3, -0.25) is 4.79 Å². The van der Waals surface area contributed by atoms with Crippen LogP contribution in [0, 0.1) is 11.8 Å². The van der Waals surface area contributed by atoms with Gasteiger partial charge < -0.3 is 15.4 Å². The van der Waals surface area contributed by atoms with Gasteiger partial charge in [0, 0.05) is 12.1 Å². The third-order valence-electron chi connectivity index (χ3n) is 3.82. The van der Waals surface area contributed by atoms with Crippen molar-refractivity contribution < 1.29 is 9.53 Å². The zero-order valence-corrected chi connectivity index (χ0v) is 11.8. The Kier molecular flexibility index (Phi) is 4.43. The van der Waals surface area contributed by atoms with E-state index in [0.717, 1.165) is 24.4 Å². The highest BCUT2D eigenvalue weighted by atomic mass is 16.5. The second kappa shape index (κ2) is 6.06. The number of methoxy groups -OCH3 is 1. The molecule has 3 atom stereocenters. The van der Waals surface area contributed by atoms with Gasteiger partial charge in [-0.25, -0.2) is 0 Å². The number of carbonyl (C=O) groups is 1. The zero-order valence-electron chi connectivity index (χ0n) is 11.8. The minimum Gasteiger partial charge on any atom is -0.496 e. The van der Waals surface area contributed by atoms with E-state index in [4.69, 9.17) is 4.74 Å². The smallest absolute Gasteiger partial charge is 0.225 e. The molecule has 19 heavy (non-hydrogen) atoms. The number of hydrogen-bond acceptors (Lipinski definition) is 3. The first kappa shape index (κ1) is 13.9. The Morgan fingerprint density at radius 3 is 2.79 bits per heavy atom. The van der Waals surface area contributed by atoms with Gasteiger partial charge in [0.25, 0.3) is 0 Å². The van der Waals surface area contributed by atoms with E-state index in [1.807, 2.05) is 31.2 Å². The maximum Gasteiger partial charge on any atom is 0.225 e. The fourth-order valence-corrected chi connectivity index (χ4v) is 2.58. The highest BCUT2D eigenvalue weighted by Crippen LogP contribution is 2.25. The van der Waals surface area contributed by atoms with Crippen molar-refractivity contribution >= 4 is 5.91 Å². The number of amides is 1. The Morgan fingerprint density at radius 2 is 2.16 bits per heavy atom. The Morgan fingerprint density at radius 1 is 1.42 bits per heavy atom. The lowest BCUT2D eigenvalue weighted by Crippen LogP contribution is -2.36. The molecule has 1 aromatic rings. The fraction of sp³-hybridized carbons (Fsp3) is 0.533. The molecule has 0 bridgehead atoms. The summed E-state index contributed by atoms with van der Waals surface area (Å²) >= 11 is 0. The molecular weight excluding hydrogens is 240 g/mol. The minimum atomic E-state index is -0.0450. The minimum absolute atomic E-state index is 0.0450. The molecule has 0 radical (unpaired) electrons. The van der Waals surface area contributed by atoms with Crippen molar-refractivity contribution in [3.63, 3.8) is 0 Å². The first-order chi connectivity index (χ1) is 9.13. The van der Waals surface area contributed by atoms with Gasteiger partial charge in [0.15, 0.2) is 0 Å². The summed E-state index contributed by atoms with van der Waals surface area (Å²) in [4.78, 5) is 12.2. The van der Waals surface area contributed by atoms with Crippen LogP contribution in [0.1, 0.15) is 25.5 Å². The van der Waals surface area contributed by atoms with Gasteiger partial charge in [-0.05, 0) is 25.5 Å². The van der Waals surface area contributed by atoms with Crippen LogP contribution in [0.25, 0.3) is 0 Å². The predicted molar refractivity (Wildman–Crippen MR) is 75.1 cm³/mol. The van der Waals surface area contributed by atoms with E-state index in [-0.39, 0.29) is 17.9 Å². The van der Waals surface area contributed by atoms with Crippen LogP contribution in [-0.2, 0) is 4.79 Å². The van der Waals surface area contributed by atoms with Crippen molar-refractivity contribution in [3.8, 4) is 5.75 Å². The number of rotatable bonds is 4. The van der Waals surface area contributed by atoms with Gasteiger partial charge in [0.05, 0.1) is 19.1 Å². The van der Waals surface area contributed by atoms with Crippen LogP contribution >= 0.6 is 0 Å². The summed E-state index contributed by atoms with van der Waals surface area (Å²) in [6.07, 6.45) is 0. The van der Waals surface area contributed by atoms with E-state index < -0.39 is 0 Å². The molecule has 2 N–H and O–H groups in total. The average molecular weight is 262 g/mol. The molecule has 1 aromatic carbocycles. The normalized spacial score (nSPS) is 23.9. The predicted octanol–water partition coefficient (Wildman–Crippen LogP) is 1.73. The summed E-state index contributed by atoms with van der Waals surface area (Å²) in [5.41, 5.74) is 1.01. The molecule has 104 valence electrons. The molecule has 1 fully saturated rings. The van der Waals surface area contributed by atoms with Crippen LogP contribution in [-0.4, -0.2) is 26.1 Å². The quantitative estimate of drug-likeness (QED) is 0.869. The van der Waals surface area contributed by atoms with Gasteiger partial charge >= 0.3 is 0 Å². The van der Waals surface area contributed by atoms with Crippen LogP contribution in [0.4, 0.5) is 0 Å². The molecule has 4 nitrogen and oxygen atoms in total. The van der Waals surface area contributed by atoms with Crippen LogP contribution in [0.5, 0.6) is 5.75 Å².